The molecule has 150 valence electrons. The van der Waals surface area contributed by atoms with Crippen LogP contribution in [-0.4, -0.2) is 31.1 Å². The van der Waals surface area contributed by atoms with Crippen molar-refractivity contribution >= 4 is 0 Å². The average Bonchev–Trinajstić information content (AvgIpc) is 2.53. The summed E-state index contributed by atoms with van der Waals surface area (Å²) >= 11 is 0. The molecule has 0 amide bonds. The normalized spacial score (nSPS) is 16.5. The maximum absolute atomic E-state index is 13.9. The van der Waals surface area contributed by atoms with Gasteiger partial charge in [0.15, 0.2) is 0 Å². The lowest BCUT2D eigenvalue weighted by atomic mass is 9.85. The van der Waals surface area contributed by atoms with Crippen LogP contribution in [0.25, 0.3) is 0 Å². The summed E-state index contributed by atoms with van der Waals surface area (Å²) in [5, 5.41) is 0. The van der Waals surface area contributed by atoms with Gasteiger partial charge < -0.3 is 4.74 Å². The summed E-state index contributed by atoms with van der Waals surface area (Å²) in [6, 6.07) is 5.48. The molecular weight excluding hydrogens is 379 g/mol. The van der Waals surface area contributed by atoms with E-state index < -0.39 is 36.0 Å². The Morgan fingerprint density at radius 2 is 1.27 bits per heavy atom. The highest BCUT2D eigenvalue weighted by Gasteiger charge is 2.82. The van der Waals surface area contributed by atoms with Gasteiger partial charge in [-0.25, -0.2) is 0 Å². The van der Waals surface area contributed by atoms with E-state index in [4.69, 9.17) is 4.74 Å². The topological polar surface area (TPSA) is 9.23 Å². The maximum Gasteiger partial charge on any atom is 0.460 e. The minimum absolute atomic E-state index is 0.0667. The Kier molecular flexibility index (Phi) is 6.03. The number of rotatable bonds is 7. The molecule has 1 unspecified atom stereocenters. The van der Waals surface area contributed by atoms with Gasteiger partial charge in [-0.05, 0) is 24.5 Å². The summed E-state index contributed by atoms with van der Waals surface area (Å²) in [6.07, 6.45) is -8.34. The van der Waals surface area contributed by atoms with Crippen molar-refractivity contribution in [2.75, 3.05) is 7.11 Å². The van der Waals surface area contributed by atoms with E-state index in [9.17, 15) is 39.5 Å². The van der Waals surface area contributed by atoms with Crippen LogP contribution >= 0.6 is 0 Å². The van der Waals surface area contributed by atoms with Gasteiger partial charge in [0.25, 0.3) is 0 Å². The fourth-order valence-corrected chi connectivity index (χ4v) is 2.33. The molecule has 0 radical (unpaired) electrons. The second kappa shape index (κ2) is 6.94. The summed E-state index contributed by atoms with van der Waals surface area (Å²) in [7, 11) is 0.865. The van der Waals surface area contributed by atoms with E-state index in [1.54, 1.807) is 6.92 Å². The first kappa shape index (κ1) is 22.6. The Hall–Kier alpha value is -1.45. The van der Waals surface area contributed by atoms with Crippen LogP contribution in [0.4, 0.5) is 39.5 Å². The molecule has 1 rings (SSSR count). The molecule has 0 fully saturated rings. The first-order valence-electron chi connectivity index (χ1n) is 7.40. The number of alkyl halides is 9. The van der Waals surface area contributed by atoms with Crippen LogP contribution in [-0.2, 0) is 16.8 Å². The number of hydrogen-bond donors (Lipinski definition) is 0. The van der Waals surface area contributed by atoms with Gasteiger partial charge in [0.1, 0.15) is 0 Å². The van der Waals surface area contributed by atoms with Crippen LogP contribution in [0.5, 0.6) is 0 Å². The summed E-state index contributed by atoms with van der Waals surface area (Å²) in [5.41, 5.74) is -1.52. The van der Waals surface area contributed by atoms with E-state index in [1.807, 2.05) is 0 Å². The van der Waals surface area contributed by atoms with Gasteiger partial charge in [0.05, 0.1) is 12.0 Å². The van der Waals surface area contributed by atoms with Crippen LogP contribution in [0, 0.1) is 0 Å². The molecule has 0 bridgehead atoms. The first-order valence-corrected chi connectivity index (χ1v) is 7.40. The standard InChI is InChI=1S/C16H17F9O/c1-4-10-5-7-11(8-6-10)12(2,26-3)9-13(17,18)14(19,20)15(21,22)16(23,24)25/h5-8H,4,9H2,1-3H3. The summed E-state index contributed by atoms with van der Waals surface area (Å²) in [6.45, 7) is 2.70. The lowest BCUT2D eigenvalue weighted by molar-refractivity contribution is -0.400. The number of hydrogen-bond acceptors (Lipinski definition) is 1. The van der Waals surface area contributed by atoms with Gasteiger partial charge >= 0.3 is 23.9 Å². The molecule has 1 aromatic carbocycles. The average molecular weight is 396 g/mol. The quantitative estimate of drug-likeness (QED) is 0.516. The highest BCUT2D eigenvalue weighted by atomic mass is 19.4. The highest BCUT2D eigenvalue weighted by Crippen LogP contribution is 2.56. The van der Waals surface area contributed by atoms with Crippen molar-refractivity contribution in [2.45, 2.75) is 56.2 Å². The van der Waals surface area contributed by atoms with Crippen LogP contribution in [0.15, 0.2) is 24.3 Å². The Morgan fingerprint density at radius 1 is 0.808 bits per heavy atom. The highest BCUT2D eigenvalue weighted by molar-refractivity contribution is 5.27. The molecule has 0 saturated carbocycles. The number of aryl methyl sites for hydroxylation is 1. The molecule has 0 heterocycles. The van der Waals surface area contributed by atoms with Crippen molar-refractivity contribution in [2.24, 2.45) is 0 Å². The third-order valence-electron chi connectivity index (χ3n) is 4.19. The minimum Gasteiger partial charge on any atom is -0.374 e. The fourth-order valence-electron chi connectivity index (χ4n) is 2.33. The molecular formula is C16H17F9O. The van der Waals surface area contributed by atoms with Crippen LogP contribution < -0.4 is 0 Å². The van der Waals surface area contributed by atoms with Crippen LogP contribution in [0.2, 0.25) is 0 Å². The van der Waals surface area contributed by atoms with Crippen molar-refractivity contribution in [3.63, 3.8) is 0 Å². The molecule has 10 heteroatoms. The Morgan fingerprint density at radius 3 is 1.62 bits per heavy atom. The molecule has 26 heavy (non-hydrogen) atoms. The van der Waals surface area contributed by atoms with E-state index in [0.29, 0.717) is 6.42 Å². The molecule has 0 aliphatic heterocycles. The lowest BCUT2D eigenvalue weighted by Gasteiger charge is -2.38. The van der Waals surface area contributed by atoms with Crippen molar-refractivity contribution in [3.05, 3.63) is 35.4 Å². The molecule has 1 aromatic rings. The SMILES string of the molecule is CCc1ccc(C(C)(CC(F)(F)C(F)(F)C(F)(F)C(F)(F)F)OC)cc1. The fraction of sp³-hybridized carbons (Fsp3) is 0.625. The Balaban J connectivity index is 3.29. The molecule has 0 aliphatic rings. The van der Waals surface area contributed by atoms with Crippen molar-refractivity contribution in [1.29, 1.82) is 0 Å². The van der Waals surface area contributed by atoms with E-state index >= 15 is 0 Å². The van der Waals surface area contributed by atoms with E-state index in [-0.39, 0.29) is 5.56 Å². The molecule has 1 atom stereocenters. The second-order valence-corrected chi connectivity index (χ2v) is 6.01. The van der Waals surface area contributed by atoms with Gasteiger partial charge in [0, 0.05) is 7.11 Å². The zero-order chi connectivity index (χ0) is 20.6. The second-order valence-electron chi connectivity index (χ2n) is 6.01. The largest absolute Gasteiger partial charge is 0.460 e. The summed E-state index contributed by atoms with van der Waals surface area (Å²) in [4.78, 5) is 0. The number of methoxy groups -OCH3 is 1. The van der Waals surface area contributed by atoms with Gasteiger partial charge in [0.2, 0.25) is 0 Å². The molecule has 0 N–H and O–H groups in total. The minimum atomic E-state index is -6.91. The number of benzene rings is 1. The van der Waals surface area contributed by atoms with Gasteiger partial charge in [-0.1, -0.05) is 31.2 Å². The molecule has 0 spiro atoms. The molecule has 0 saturated heterocycles. The van der Waals surface area contributed by atoms with E-state index in [1.165, 1.54) is 24.3 Å². The Bertz CT molecular complexity index is 607. The number of halogens is 9. The smallest absolute Gasteiger partial charge is 0.374 e. The molecule has 0 aliphatic carbocycles. The molecule has 1 nitrogen and oxygen atoms in total. The van der Waals surface area contributed by atoms with Gasteiger partial charge in [-0.2, -0.15) is 39.5 Å². The van der Waals surface area contributed by atoms with Crippen molar-refractivity contribution < 1.29 is 44.3 Å². The van der Waals surface area contributed by atoms with Crippen molar-refractivity contribution in [3.8, 4) is 0 Å². The van der Waals surface area contributed by atoms with Gasteiger partial charge in [-0.3, -0.25) is 0 Å². The molecule has 0 aromatic heterocycles. The lowest BCUT2D eigenvalue weighted by Crippen LogP contribution is -2.62. The van der Waals surface area contributed by atoms with Crippen molar-refractivity contribution in [1.82, 2.24) is 0 Å². The predicted octanol–water partition coefficient (Wildman–Crippen LogP) is 5.97. The van der Waals surface area contributed by atoms with E-state index in [2.05, 4.69) is 0 Å². The summed E-state index contributed by atoms with van der Waals surface area (Å²) < 4.78 is 122. The summed E-state index contributed by atoms with van der Waals surface area (Å²) in [5.74, 6) is -19.3. The van der Waals surface area contributed by atoms with Crippen LogP contribution in [0.3, 0.4) is 0 Å². The third kappa shape index (κ3) is 3.79. The van der Waals surface area contributed by atoms with E-state index in [0.717, 1.165) is 19.6 Å². The zero-order valence-electron chi connectivity index (χ0n) is 14.0. The van der Waals surface area contributed by atoms with Crippen LogP contribution in [0.1, 0.15) is 31.4 Å². The predicted molar refractivity (Wildman–Crippen MR) is 75.7 cm³/mol. The monoisotopic (exact) mass is 396 g/mol. The zero-order valence-corrected chi connectivity index (χ0v) is 14.0. The first-order chi connectivity index (χ1) is 11.6. The third-order valence-corrected chi connectivity index (χ3v) is 4.19. The Labute approximate surface area is 144 Å². The van der Waals surface area contributed by atoms with Gasteiger partial charge in [-0.15, -0.1) is 0 Å². The maximum atomic E-state index is 13.9. The number of ether oxygens (including phenoxy) is 1.